The molecule has 49 heavy (non-hydrogen) atoms. The van der Waals surface area contributed by atoms with E-state index in [-0.39, 0.29) is 19.5 Å². The van der Waals surface area contributed by atoms with E-state index in [0.717, 1.165) is 78.6 Å². The van der Waals surface area contributed by atoms with Crippen molar-refractivity contribution in [2.45, 2.75) is 0 Å². The predicted molar refractivity (Wildman–Crippen MR) is 187 cm³/mol. The molecule has 6 aromatic heterocycles. The first-order chi connectivity index (χ1) is 23.7. The molecule has 10 rings (SSSR count). The van der Waals surface area contributed by atoms with Gasteiger partial charge in [-0.15, -0.1) is 0 Å². The molecule has 0 radical (unpaired) electrons. The Morgan fingerprint density at radius 3 is 1.16 bits per heavy atom. The largest absolute Gasteiger partial charge is 2.00 e. The van der Waals surface area contributed by atoms with Gasteiger partial charge in [0.2, 0.25) is 0 Å². The molecule has 0 spiro atoms. The second-order valence-electron chi connectivity index (χ2n) is 11.1. The second kappa shape index (κ2) is 12.7. The molecular weight excluding hydrogens is 698 g/mol. The number of para-hydroxylation sites is 8. The molecule has 0 fully saturated rings. The summed E-state index contributed by atoms with van der Waals surface area (Å²) >= 11 is 0. The van der Waals surface area contributed by atoms with Crippen molar-refractivity contribution in [3.8, 4) is 46.1 Å². The van der Waals surface area contributed by atoms with E-state index in [1.807, 2.05) is 133 Å². The van der Waals surface area contributed by atoms with Gasteiger partial charge in [0, 0.05) is 0 Å². The standard InChI is InChI=1S/2C19H12N5.Ru/c2*1-2-7-13-12(6-1)21-18(22-13)16-10-5-11-17(20-16)19-23-14-8-3-4-9-15(14)24-19;/h2*1-11H,(H-,21,22,23,24);/q2*-1;+2. The molecule has 0 aliphatic carbocycles. The van der Waals surface area contributed by atoms with Crippen molar-refractivity contribution in [2.75, 3.05) is 0 Å². The molecule has 0 saturated heterocycles. The van der Waals surface area contributed by atoms with Crippen LogP contribution in [0.2, 0.25) is 0 Å². The summed E-state index contributed by atoms with van der Waals surface area (Å²) in [5.41, 5.74) is 10.4. The number of benzene rings is 4. The average molecular weight is 722 g/mol. The molecule has 0 bridgehead atoms. The minimum atomic E-state index is 0. The summed E-state index contributed by atoms with van der Waals surface area (Å²) < 4.78 is 0. The first-order valence-electron chi connectivity index (χ1n) is 15.4. The smallest absolute Gasteiger partial charge is 0.434 e. The molecule has 0 unspecified atom stereocenters. The minimum Gasteiger partial charge on any atom is -0.434 e. The number of pyridine rings is 2. The molecule has 2 N–H and O–H groups in total. The average Bonchev–Trinajstić information content (AvgIpc) is 3.95. The van der Waals surface area contributed by atoms with Gasteiger partial charge in [-0.3, -0.25) is 0 Å². The van der Waals surface area contributed by atoms with Crippen LogP contribution >= 0.6 is 0 Å². The van der Waals surface area contributed by atoms with Gasteiger partial charge in [0.15, 0.2) is 11.6 Å². The van der Waals surface area contributed by atoms with Crippen LogP contribution < -0.4 is 9.97 Å². The zero-order valence-corrected chi connectivity index (χ0v) is 27.4. The Bertz CT molecular complexity index is 2220. The van der Waals surface area contributed by atoms with E-state index < -0.39 is 0 Å². The first kappa shape index (κ1) is 30.0. The van der Waals surface area contributed by atoms with Gasteiger partial charge in [-0.05, 0) is 82.2 Å². The van der Waals surface area contributed by atoms with Gasteiger partial charge in [-0.2, -0.15) is 0 Å². The second-order valence-corrected chi connectivity index (χ2v) is 11.1. The fraction of sp³-hybridized carbons (Fsp3) is 0. The van der Waals surface area contributed by atoms with E-state index >= 15 is 0 Å². The summed E-state index contributed by atoms with van der Waals surface area (Å²) in [6.45, 7) is 0. The Kier molecular flexibility index (Phi) is 7.79. The van der Waals surface area contributed by atoms with E-state index in [2.05, 4.69) is 49.8 Å². The van der Waals surface area contributed by atoms with E-state index in [9.17, 15) is 0 Å². The molecule has 10 aromatic rings. The van der Waals surface area contributed by atoms with Crippen LogP contribution in [0.15, 0.2) is 133 Å². The van der Waals surface area contributed by atoms with Gasteiger partial charge < -0.3 is 29.9 Å². The van der Waals surface area contributed by atoms with Crippen LogP contribution in [-0.4, -0.2) is 39.9 Å². The van der Waals surface area contributed by atoms with Gasteiger partial charge in [-0.1, -0.05) is 84.9 Å². The van der Waals surface area contributed by atoms with Gasteiger partial charge in [0.1, 0.15) is 11.4 Å². The molecule has 0 saturated carbocycles. The number of imidazole rings is 4. The van der Waals surface area contributed by atoms with Gasteiger partial charge >= 0.3 is 19.5 Å². The Balaban J connectivity index is 0.000000139. The van der Waals surface area contributed by atoms with Gasteiger partial charge in [-0.25, -0.2) is 19.9 Å². The fourth-order valence-electron chi connectivity index (χ4n) is 5.57. The molecule has 4 aromatic carbocycles. The number of rotatable bonds is 4. The summed E-state index contributed by atoms with van der Waals surface area (Å²) in [4.78, 5) is 43.4. The quantitative estimate of drug-likeness (QED) is 0.178. The van der Waals surface area contributed by atoms with Crippen molar-refractivity contribution in [1.82, 2.24) is 49.8 Å². The Morgan fingerprint density at radius 2 is 0.735 bits per heavy atom. The molecule has 0 amide bonds. The van der Waals surface area contributed by atoms with Crippen LogP contribution in [0.1, 0.15) is 0 Å². The van der Waals surface area contributed by atoms with E-state index in [0.29, 0.717) is 11.6 Å². The van der Waals surface area contributed by atoms with Crippen LogP contribution in [0.25, 0.3) is 90.2 Å². The van der Waals surface area contributed by atoms with E-state index in [1.54, 1.807) is 0 Å². The number of nitrogens with one attached hydrogen (secondary N) is 2. The molecule has 0 aliphatic rings. The molecular formula is C38H24N10Ru. The first-order valence-corrected chi connectivity index (χ1v) is 15.4. The van der Waals surface area contributed by atoms with Gasteiger partial charge in [0.25, 0.3) is 0 Å². The van der Waals surface area contributed by atoms with Crippen LogP contribution in [0.3, 0.4) is 0 Å². The molecule has 0 atom stereocenters. The number of aromatic nitrogens is 10. The number of fused-ring (bicyclic) bond motifs is 4. The van der Waals surface area contributed by atoms with Crippen molar-refractivity contribution in [2.24, 2.45) is 0 Å². The number of aromatic amines is 2. The summed E-state index contributed by atoms with van der Waals surface area (Å²) in [5.74, 6) is 2.76. The Labute approximate surface area is 291 Å². The van der Waals surface area contributed by atoms with Crippen molar-refractivity contribution >= 4 is 44.1 Å². The van der Waals surface area contributed by atoms with Crippen molar-refractivity contribution in [3.63, 3.8) is 0 Å². The molecule has 234 valence electrons. The normalized spacial score (nSPS) is 11.1. The third-order valence-electron chi connectivity index (χ3n) is 7.89. The van der Waals surface area contributed by atoms with Crippen LogP contribution in [0.4, 0.5) is 0 Å². The van der Waals surface area contributed by atoms with E-state index in [1.165, 1.54) is 0 Å². The van der Waals surface area contributed by atoms with Crippen molar-refractivity contribution < 1.29 is 19.5 Å². The van der Waals surface area contributed by atoms with Gasteiger partial charge in [0.05, 0.1) is 33.5 Å². The minimum absolute atomic E-state index is 0. The van der Waals surface area contributed by atoms with Crippen LogP contribution in [-0.2, 0) is 19.5 Å². The topological polar surface area (TPSA) is 137 Å². The molecule has 11 heteroatoms. The van der Waals surface area contributed by atoms with Crippen LogP contribution in [0, 0.1) is 0 Å². The zero-order valence-electron chi connectivity index (χ0n) is 25.6. The zero-order chi connectivity index (χ0) is 31.9. The number of H-pyrrole nitrogens is 2. The summed E-state index contributed by atoms with van der Waals surface area (Å²) in [6.07, 6.45) is 0. The maximum atomic E-state index is 4.69. The van der Waals surface area contributed by atoms with Crippen molar-refractivity contribution in [3.05, 3.63) is 133 Å². The maximum Gasteiger partial charge on any atom is 2.00 e. The van der Waals surface area contributed by atoms with Crippen molar-refractivity contribution in [1.29, 1.82) is 0 Å². The fourth-order valence-corrected chi connectivity index (χ4v) is 5.57. The summed E-state index contributed by atoms with van der Waals surface area (Å²) in [7, 11) is 0. The number of hydrogen-bond donors (Lipinski definition) is 2. The maximum absolute atomic E-state index is 4.69. The Hall–Kier alpha value is -6.32. The summed E-state index contributed by atoms with van der Waals surface area (Å²) in [5, 5.41) is 0. The molecule has 10 nitrogen and oxygen atoms in total. The molecule has 6 heterocycles. The SMILES string of the molecule is [Ru+2].c1cc(-c2nc3ccccc3[n-]2)nc(-c2nc3ccccc3[nH]2)c1.c1cc(-c2nc3ccccc3[n-]2)nc(-c2nc3ccccc3[nH]2)c1. The number of hydrogen-bond acceptors (Lipinski definition) is 6. The van der Waals surface area contributed by atoms with E-state index in [4.69, 9.17) is 0 Å². The summed E-state index contributed by atoms with van der Waals surface area (Å²) in [6, 6.07) is 43.1. The van der Waals surface area contributed by atoms with Crippen LogP contribution in [0.5, 0.6) is 0 Å². The Morgan fingerprint density at radius 1 is 0.347 bits per heavy atom. The third kappa shape index (κ3) is 5.88. The predicted octanol–water partition coefficient (Wildman–Crippen LogP) is 7.59. The number of nitrogens with zero attached hydrogens (tertiary/aromatic N) is 8. The monoisotopic (exact) mass is 722 g/mol. The third-order valence-corrected chi connectivity index (χ3v) is 7.89. The molecule has 0 aliphatic heterocycles.